The normalized spacial score (nSPS) is 14.9. The number of benzene rings is 2. The number of piperazine rings is 1. The van der Waals surface area contributed by atoms with Crippen LogP contribution in [0.4, 0.5) is 10.1 Å². The lowest BCUT2D eigenvalue weighted by Gasteiger charge is -2.35. The summed E-state index contributed by atoms with van der Waals surface area (Å²) >= 11 is 0. The van der Waals surface area contributed by atoms with Gasteiger partial charge in [-0.05, 0) is 37.6 Å². The minimum Gasteiger partial charge on any atom is -0.367 e. The predicted octanol–water partition coefficient (Wildman–Crippen LogP) is 3.71. The van der Waals surface area contributed by atoms with E-state index in [-0.39, 0.29) is 11.6 Å². The average molecular weight is 394 g/mol. The van der Waals surface area contributed by atoms with Crippen LogP contribution in [-0.2, 0) is 6.54 Å². The van der Waals surface area contributed by atoms with Crippen molar-refractivity contribution < 1.29 is 13.7 Å². The first-order valence-corrected chi connectivity index (χ1v) is 9.67. The van der Waals surface area contributed by atoms with Crippen LogP contribution in [0.1, 0.15) is 28.7 Å². The van der Waals surface area contributed by atoms with Crippen LogP contribution >= 0.6 is 0 Å². The van der Waals surface area contributed by atoms with E-state index in [4.69, 9.17) is 4.52 Å². The van der Waals surface area contributed by atoms with Gasteiger partial charge in [0.2, 0.25) is 11.7 Å². The standard InChI is InChI=1S/C22H23FN4O2/c1-15-5-3-4-6-18(15)22-24-21(29-25-22)14-26-9-11-27(12-10-26)20-8-7-17(16(2)28)13-19(20)23/h3-8,13H,9-12,14H2,1-2H3. The van der Waals surface area contributed by atoms with Crippen molar-refractivity contribution in [3.8, 4) is 11.4 Å². The number of hydrogen-bond donors (Lipinski definition) is 0. The minimum absolute atomic E-state index is 0.134. The lowest BCUT2D eigenvalue weighted by Crippen LogP contribution is -2.46. The third-order valence-electron chi connectivity index (χ3n) is 5.28. The summed E-state index contributed by atoms with van der Waals surface area (Å²) in [6.07, 6.45) is 0. The largest absolute Gasteiger partial charge is 0.367 e. The highest BCUT2D eigenvalue weighted by Crippen LogP contribution is 2.23. The van der Waals surface area contributed by atoms with Gasteiger partial charge in [-0.2, -0.15) is 4.98 Å². The van der Waals surface area contributed by atoms with Crippen molar-refractivity contribution >= 4 is 11.5 Å². The first-order valence-electron chi connectivity index (χ1n) is 9.67. The summed E-state index contributed by atoms with van der Waals surface area (Å²) in [5.41, 5.74) is 3.00. The molecule has 2 heterocycles. The topological polar surface area (TPSA) is 62.5 Å². The zero-order valence-electron chi connectivity index (χ0n) is 16.6. The summed E-state index contributed by atoms with van der Waals surface area (Å²) in [5, 5.41) is 4.11. The molecule has 0 aliphatic carbocycles. The summed E-state index contributed by atoms with van der Waals surface area (Å²) in [6.45, 7) is 6.93. The Morgan fingerprint density at radius 3 is 2.59 bits per heavy atom. The number of Topliss-reactive ketones (excluding diaryl/α,β-unsaturated/α-hetero) is 1. The van der Waals surface area contributed by atoms with Crippen molar-refractivity contribution in [2.45, 2.75) is 20.4 Å². The Hall–Kier alpha value is -3.06. The molecule has 1 aromatic heterocycles. The molecule has 0 bridgehead atoms. The Balaban J connectivity index is 1.37. The number of nitrogens with zero attached hydrogens (tertiary/aromatic N) is 4. The molecule has 1 aliphatic heterocycles. The van der Waals surface area contributed by atoms with Crippen LogP contribution in [0.2, 0.25) is 0 Å². The molecule has 2 aromatic carbocycles. The van der Waals surface area contributed by atoms with E-state index >= 15 is 0 Å². The van der Waals surface area contributed by atoms with Crippen molar-refractivity contribution in [1.29, 1.82) is 0 Å². The average Bonchev–Trinajstić information content (AvgIpc) is 3.17. The number of aryl methyl sites for hydroxylation is 1. The fourth-order valence-corrected chi connectivity index (χ4v) is 3.57. The summed E-state index contributed by atoms with van der Waals surface area (Å²) in [7, 11) is 0. The van der Waals surface area contributed by atoms with Crippen molar-refractivity contribution in [2.24, 2.45) is 0 Å². The van der Waals surface area contributed by atoms with Crippen LogP contribution < -0.4 is 4.90 Å². The molecular weight excluding hydrogens is 371 g/mol. The Bertz CT molecular complexity index is 1030. The number of hydrogen-bond acceptors (Lipinski definition) is 6. The number of aromatic nitrogens is 2. The number of anilines is 1. The van der Waals surface area contributed by atoms with E-state index in [1.165, 1.54) is 13.0 Å². The number of rotatable bonds is 5. The molecule has 150 valence electrons. The lowest BCUT2D eigenvalue weighted by atomic mass is 10.1. The molecule has 6 nitrogen and oxygen atoms in total. The van der Waals surface area contributed by atoms with Gasteiger partial charge in [-0.25, -0.2) is 4.39 Å². The van der Waals surface area contributed by atoms with Gasteiger partial charge in [-0.3, -0.25) is 9.69 Å². The third kappa shape index (κ3) is 4.19. The second-order valence-corrected chi connectivity index (χ2v) is 7.31. The van der Waals surface area contributed by atoms with Crippen molar-refractivity contribution in [1.82, 2.24) is 15.0 Å². The molecule has 0 amide bonds. The SMILES string of the molecule is CC(=O)c1ccc(N2CCN(Cc3nc(-c4ccccc4C)no3)CC2)c(F)c1. The maximum absolute atomic E-state index is 14.4. The van der Waals surface area contributed by atoms with Gasteiger partial charge in [0.25, 0.3) is 0 Å². The number of carbonyl (C=O) groups is 1. The van der Waals surface area contributed by atoms with Crippen LogP contribution in [0.5, 0.6) is 0 Å². The predicted molar refractivity (Wildman–Crippen MR) is 108 cm³/mol. The molecule has 1 saturated heterocycles. The Kier molecular flexibility index (Phi) is 5.40. The van der Waals surface area contributed by atoms with Gasteiger partial charge in [-0.1, -0.05) is 29.4 Å². The number of halogens is 1. The first-order chi connectivity index (χ1) is 14.0. The Morgan fingerprint density at radius 2 is 1.90 bits per heavy atom. The minimum atomic E-state index is -0.356. The molecule has 0 N–H and O–H groups in total. The second-order valence-electron chi connectivity index (χ2n) is 7.31. The second kappa shape index (κ2) is 8.13. The van der Waals surface area contributed by atoms with Crippen LogP contribution in [0.15, 0.2) is 47.0 Å². The molecule has 4 rings (SSSR count). The van der Waals surface area contributed by atoms with Crippen molar-refractivity contribution in [3.63, 3.8) is 0 Å². The highest BCUT2D eigenvalue weighted by Gasteiger charge is 2.22. The maximum atomic E-state index is 14.4. The Morgan fingerprint density at radius 1 is 1.14 bits per heavy atom. The fraction of sp³-hybridized carbons (Fsp3) is 0.318. The van der Waals surface area contributed by atoms with E-state index in [0.717, 1.165) is 24.2 Å². The molecule has 0 saturated carbocycles. The Labute approximate surface area is 168 Å². The maximum Gasteiger partial charge on any atom is 0.241 e. The zero-order valence-corrected chi connectivity index (χ0v) is 16.6. The van der Waals surface area contributed by atoms with Gasteiger partial charge in [0, 0.05) is 37.3 Å². The van der Waals surface area contributed by atoms with Gasteiger partial charge in [-0.15, -0.1) is 0 Å². The molecule has 29 heavy (non-hydrogen) atoms. The smallest absolute Gasteiger partial charge is 0.241 e. The van der Waals surface area contributed by atoms with Gasteiger partial charge in [0.1, 0.15) is 5.82 Å². The molecule has 3 aromatic rings. The number of ketones is 1. The molecule has 0 spiro atoms. The summed E-state index contributed by atoms with van der Waals surface area (Å²) < 4.78 is 19.8. The van der Waals surface area contributed by atoms with Crippen LogP contribution in [0, 0.1) is 12.7 Å². The zero-order chi connectivity index (χ0) is 20.4. The fourth-order valence-electron chi connectivity index (χ4n) is 3.57. The first kappa shape index (κ1) is 19.3. The molecular formula is C22H23FN4O2. The molecule has 1 aliphatic rings. The summed E-state index contributed by atoms with van der Waals surface area (Å²) in [5.74, 6) is 0.689. The lowest BCUT2D eigenvalue weighted by molar-refractivity contribution is 0.101. The summed E-state index contributed by atoms with van der Waals surface area (Å²) in [6, 6.07) is 12.6. The van der Waals surface area contributed by atoms with E-state index in [1.807, 2.05) is 36.1 Å². The van der Waals surface area contributed by atoms with E-state index in [2.05, 4.69) is 15.0 Å². The molecule has 1 fully saturated rings. The van der Waals surface area contributed by atoms with Crippen LogP contribution in [-0.4, -0.2) is 47.0 Å². The highest BCUT2D eigenvalue weighted by molar-refractivity contribution is 5.94. The van der Waals surface area contributed by atoms with Crippen LogP contribution in [0.3, 0.4) is 0 Å². The van der Waals surface area contributed by atoms with Crippen molar-refractivity contribution in [2.75, 3.05) is 31.1 Å². The summed E-state index contributed by atoms with van der Waals surface area (Å²) in [4.78, 5) is 20.2. The highest BCUT2D eigenvalue weighted by atomic mass is 19.1. The van der Waals surface area contributed by atoms with E-state index in [0.29, 0.717) is 42.6 Å². The van der Waals surface area contributed by atoms with Crippen LogP contribution in [0.25, 0.3) is 11.4 Å². The number of carbonyl (C=O) groups excluding carboxylic acids is 1. The van der Waals surface area contributed by atoms with E-state index in [1.54, 1.807) is 12.1 Å². The van der Waals surface area contributed by atoms with Crippen molar-refractivity contribution in [3.05, 3.63) is 65.3 Å². The molecule has 0 atom stereocenters. The van der Waals surface area contributed by atoms with Gasteiger partial charge in [0.05, 0.1) is 12.2 Å². The van der Waals surface area contributed by atoms with Gasteiger partial charge >= 0.3 is 0 Å². The molecule has 0 unspecified atom stereocenters. The van der Waals surface area contributed by atoms with E-state index < -0.39 is 0 Å². The quantitative estimate of drug-likeness (QED) is 0.615. The van der Waals surface area contributed by atoms with E-state index in [9.17, 15) is 9.18 Å². The molecule has 7 heteroatoms. The monoisotopic (exact) mass is 394 g/mol. The van der Waals surface area contributed by atoms with Gasteiger partial charge < -0.3 is 9.42 Å². The molecule has 0 radical (unpaired) electrons. The van der Waals surface area contributed by atoms with Gasteiger partial charge in [0.15, 0.2) is 5.78 Å². The third-order valence-corrected chi connectivity index (χ3v) is 5.28.